The number of carbonyl (C=O) groups is 2. The van der Waals surface area contributed by atoms with Crippen LogP contribution < -0.4 is 5.32 Å². The van der Waals surface area contributed by atoms with Gasteiger partial charge in [0.05, 0.1) is 24.3 Å². The van der Waals surface area contributed by atoms with Gasteiger partial charge in [-0.05, 0) is 44.4 Å². The standard InChI is InChI=1S/C24H27ClN4O2/c1-15-11-16(2)22(17(3)12-15)26-20(30)14-28(5)24(31)21-18(4)27-29(23(21)25)13-19-9-7-6-8-10-19/h6-12H,13-14H2,1-5H3,(H,26,30). The van der Waals surface area contributed by atoms with E-state index in [4.69, 9.17) is 11.6 Å². The molecule has 0 bridgehead atoms. The van der Waals surface area contributed by atoms with E-state index < -0.39 is 0 Å². The Morgan fingerprint density at radius 2 is 1.68 bits per heavy atom. The number of nitrogens with zero attached hydrogens (tertiary/aromatic N) is 3. The Kier molecular flexibility index (Phi) is 6.81. The van der Waals surface area contributed by atoms with Crippen molar-refractivity contribution in [1.82, 2.24) is 14.7 Å². The van der Waals surface area contributed by atoms with Crippen LogP contribution in [0.1, 0.15) is 38.3 Å². The van der Waals surface area contributed by atoms with Crippen LogP contribution in [0.2, 0.25) is 5.15 Å². The summed E-state index contributed by atoms with van der Waals surface area (Å²) in [5, 5.41) is 7.61. The van der Waals surface area contributed by atoms with E-state index in [-0.39, 0.29) is 23.5 Å². The fraction of sp³-hybridized carbons (Fsp3) is 0.292. The van der Waals surface area contributed by atoms with Crippen LogP contribution in [-0.4, -0.2) is 40.1 Å². The van der Waals surface area contributed by atoms with Gasteiger partial charge in [0.25, 0.3) is 5.91 Å². The highest BCUT2D eigenvalue weighted by molar-refractivity contribution is 6.33. The maximum absolute atomic E-state index is 13.0. The van der Waals surface area contributed by atoms with Gasteiger partial charge in [-0.3, -0.25) is 9.59 Å². The van der Waals surface area contributed by atoms with Crippen LogP contribution in [-0.2, 0) is 11.3 Å². The van der Waals surface area contributed by atoms with Gasteiger partial charge in [0.1, 0.15) is 5.15 Å². The van der Waals surface area contributed by atoms with Gasteiger partial charge in [-0.2, -0.15) is 5.10 Å². The third-order valence-electron chi connectivity index (χ3n) is 5.12. The molecule has 1 aromatic heterocycles. The molecule has 7 heteroatoms. The van der Waals surface area contributed by atoms with Gasteiger partial charge in [-0.25, -0.2) is 4.68 Å². The zero-order chi connectivity index (χ0) is 22.7. The molecule has 0 saturated heterocycles. The van der Waals surface area contributed by atoms with Crippen molar-refractivity contribution in [1.29, 1.82) is 0 Å². The zero-order valence-electron chi connectivity index (χ0n) is 18.5. The molecule has 3 rings (SSSR count). The van der Waals surface area contributed by atoms with E-state index in [1.165, 1.54) is 4.90 Å². The van der Waals surface area contributed by atoms with Crippen molar-refractivity contribution >= 4 is 29.1 Å². The van der Waals surface area contributed by atoms with E-state index in [1.807, 2.05) is 63.2 Å². The molecule has 0 spiro atoms. The van der Waals surface area contributed by atoms with Gasteiger partial charge in [-0.15, -0.1) is 0 Å². The number of anilines is 1. The average Bonchev–Trinajstić information content (AvgIpc) is 2.98. The van der Waals surface area contributed by atoms with Crippen LogP contribution in [0.25, 0.3) is 0 Å². The van der Waals surface area contributed by atoms with Gasteiger partial charge in [0, 0.05) is 12.7 Å². The number of halogens is 1. The largest absolute Gasteiger partial charge is 0.332 e. The first-order valence-electron chi connectivity index (χ1n) is 10.1. The van der Waals surface area contributed by atoms with Crippen molar-refractivity contribution in [2.75, 3.05) is 18.9 Å². The monoisotopic (exact) mass is 438 g/mol. The summed E-state index contributed by atoms with van der Waals surface area (Å²) in [5.74, 6) is -0.606. The highest BCUT2D eigenvalue weighted by Gasteiger charge is 2.24. The van der Waals surface area contributed by atoms with E-state index in [2.05, 4.69) is 10.4 Å². The summed E-state index contributed by atoms with van der Waals surface area (Å²) in [6.45, 7) is 8.04. The zero-order valence-corrected chi connectivity index (χ0v) is 19.2. The van der Waals surface area contributed by atoms with Crippen molar-refractivity contribution in [2.45, 2.75) is 34.2 Å². The third kappa shape index (κ3) is 5.14. The van der Waals surface area contributed by atoms with E-state index in [1.54, 1.807) is 18.7 Å². The van der Waals surface area contributed by atoms with Crippen LogP contribution in [0.4, 0.5) is 5.69 Å². The molecule has 1 heterocycles. The molecule has 0 unspecified atom stereocenters. The molecule has 31 heavy (non-hydrogen) atoms. The van der Waals surface area contributed by atoms with Gasteiger partial charge >= 0.3 is 0 Å². The fourth-order valence-electron chi connectivity index (χ4n) is 3.69. The Hall–Kier alpha value is -3.12. The minimum Gasteiger partial charge on any atom is -0.332 e. The van der Waals surface area contributed by atoms with Crippen LogP contribution in [0.15, 0.2) is 42.5 Å². The van der Waals surface area contributed by atoms with Crippen molar-refractivity contribution in [3.8, 4) is 0 Å². The summed E-state index contributed by atoms with van der Waals surface area (Å²) in [5.41, 5.74) is 5.77. The van der Waals surface area contributed by atoms with Crippen molar-refractivity contribution in [3.05, 3.63) is 81.1 Å². The number of likely N-dealkylation sites (N-methyl/N-ethyl adjacent to an activating group) is 1. The summed E-state index contributed by atoms with van der Waals surface area (Å²) >= 11 is 6.49. The number of benzene rings is 2. The summed E-state index contributed by atoms with van der Waals surface area (Å²) in [6.07, 6.45) is 0. The fourth-order valence-corrected chi connectivity index (χ4v) is 4.01. The highest BCUT2D eigenvalue weighted by atomic mass is 35.5. The molecule has 6 nitrogen and oxygen atoms in total. The Bertz CT molecular complexity index is 1100. The topological polar surface area (TPSA) is 67.2 Å². The predicted molar refractivity (Wildman–Crippen MR) is 124 cm³/mol. The number of amides is 2. The van der Waals surface area contributed by atoms with Crippen LogP contribution in [0.3, 0.4) is 0 Å². The molecule has 1 N–H and O–H groups in total. The van der Waals surface area contributed by atoms with E-state index in [0.717, 1.165) is 27.9 Å². The molecule has 2 aromatic carbocycles. The summed E-state index contributed by atoms with van der Waals surface area (Å²) in [4.78, 5) is 27.0. The van der Waals surface area contributed by atoms with Crippen molar-refractivity contribution in [2.24, 2.45) is 0 Å². The maximum Gasteiger partial charge on any atom is 0.259 e. The lowest BCUT2D eigenvalue weighted by atomic mass is 10.1. The van der Waals surface area contributed by atoms with E-state index in [0.29, 0.717) is 17.8 Å². The quantitative estimate of drug-likeness (QED) is 0.614. The minimum atomic E-state index is -0.339. The average molecular weight is 439 g/mol. The highest BCUT2D eigenvalue weighted by Crippen LogP contribution is 2.24. The molecule has 0 atom stereocenters. The van der Waals surface area contributed by atoms with Crippen LogP contribution in [0.5, 0.6) is 0 Å². The number of rotatable bonds is 6. The number of aromatic nitrogens is 2. The normalized spacial score (nSPS) is 10.8. The molecule has 0 aliphatic rings. The molecule has 0 fully saturated rings. The number of hydrogen-bond acceptors (Lipinski definition) is 3. The number of nitrogens with one attached hydrogen (secondary N) is 1. The minimum absolute atomic E-state index is 0.0920. The van der Waals surface area contributed by atoms with Crippen molar-refractivity contribution in [3.63, 3.8) is 0 Å². The smallest absolute Gasteiger partial charge is 0.259 e. The van der Waals surface area contributed by atoms with Gasteiger partial charge in [0.2, 0.25) is 5.91 Å². The SMILES string of the molecule is Cc1cc(C)c(NC(=O)CN(C)C(=O)c2c(C)nn(Cc3ccccc3)c2Cl)c(C)c1. The lowest BCUT2D eigenvalue weighted by Gasteiger charge is -2.18. The third-order valence-corrected chi connectivity index (χ3v) is 5.51. The second-order valence-corrected chi connectivity index (χ2v) is 8.24. The Morgan fingerprint density at radius 3 is 2.29 bits per heavy atom. The first-order chi connectivity index (χ1) is 14.7. The first-order valence-corrected chi connectivity index (χ1v) is 10.4. The second-order valence-electron chi connectivity index (χ2n) is 7.88. The molecular formula is C24H27ClN4O2. The molecule has 0 saturated carbocycles. The van der Waals surface area contributed by atoms with E-state index in [9.17, 15) is 9.59 Å². The first kappa shape index (κ1) is 22.6. The lowest BCUT2D eigenvalue weighted by Crippen LogP contribution is -2.35. The van der Waals surface area contributed by atoms with Gasteiger partial charge < -0.3 is 10.2 Å². The lowest BCUT2D eigenvalue weighted by molar-refractivity contribution is -0.116. The van der Waals surface area contributed by atoms with Crippen molar-refractivity contribution < 1.29 is 9.59 Å². The molecule has 162 valence electrons. The van der Waals surface area contributed by atoms with Crippen LogP contribution >= 0.6 is 11.6 Å². The van der Waals surface area contributed by atoms with Gasteiger partial charge in [-0.1, -0.05) is 59.6 Å². The number of hydrogen-bond donors (Lipinski definition) is 1. The molecular weight excluding hydrogens is 412 g/mol. The molecule has 0 aliphatic heterocycles. The number of carbonyl (C=O) groups excluding carboxylic acids is 2. The Morgan fingerprint density at radius 1 is 1.06 bits per heavy atom. The maximum atomic E-state index is 13.0. The number of aryl methyl sites for hydroxylation is 4. The summed E-state index contributed by atoms with van der Waals surface area (Å²) in [7, 11) is 1.58. The summed E-state index contributed by atoms with van der Waals surface area (Å²) < 4.78 is 1.60. The van der Waals surface area contributed by atoms with Crippen LogP contribution in [0, 0.1) is 27.7 Å². The second kappa shape index (κ2) is 9.35. The molecule has 0 aliphatic carbocycles. The Labute approximate surface area is 187 Å². The molecule has 3 aromatic rings. The van der Waals surface area contributed by atoms with Gasteiger partial charge in [0.15, 0.2) is 0 Å². The predicted octanol–water partition coefficient (Wildman–Crippen LogP) is 4.53. The Balaban J connectivity index is 1.72. The summed E-state index contributed by atoms with van der Waals surface area (Å²) in [6, 6.07) is 13.8. The molecule has 2 amide bonds. The van der Waals surface area contributed by atoms with E-state index >= 15 is 0 Å². The molecule has 0 radical (unpaired) electrons.